The third-order valence-electron chi connectivity index (χ3n) is 2.76. The Labute approximate surface area is 104 Å². The molecular formula is C13H24N4. The molecule has 1 aromatic rings. The summed E-state index contributed by atoms with van der Waals surface area (Å²) in [6, 6.07) is 0. The fourth-order valence-electron chi connectivity index (χ4n) is 1.61. The van der Waals surface area contributed by atoms with Gasteiger partial charge in [-0.25, -0.2) is 4.98 Å². The number of nitrogens with zero attached hydrogens (tertiary/aromatic N) is 3. The van der Waals surface area contributed by atoms with Gasteiger partial charge in [0.25, 0.3) is 0 Å². The molecule has 1 rings (SSSR count). The van der Waals surface area contributed by atoms with Gasteiger partial charge in [0.2, 0.25) is 0 Å². The summed E-state index contributed by atoms with van der Waals surface area (Å²) >= 11 is 0. The van der Waals surface area contributed by atoms with Crippen LogP contribution in [0, 0.1) is 13.8 Å². The minimum atomic E-state index is 0.911. The number of hydrogen-bond acceptors (Lipinski definition) is 4. The van der Waals surface area contributed by atoms with Gasteiger partial charge in [-0.3, -0.25) is 4.98 Å². The van der Waals surface area contributed by atoms with Gasteiger partial charge in [0.1, 0.15) is 5.82 Å². The third-order valence-corrected chi connectivity index (χ3v) is 2.76. The van der Waals surface area contributed by atoms with Crippen LogP contribution in [0.5, 0.6) is 0 Å². The Morgan fingerprint density at radius 2 is 2.06 bits per heavy atom. The Kier molecular flexibility index (Phi) is 5.91. The predicted octanol–water partition coefficient (Wildman–Crippen LogP) is 2.24. The first-order chi connectivity index (χ1) is 8.13. The zero-order valence-electron chi connectivity index (χ0n) is 11.5. The van der Waals surface area contributed by atoms with Crippen LogP contribution in [-0.2, 0) is 0 Å². The number of aryl methyl sites for hydroxylation is 2. The fraction of sp³-hybridized carbons (Fsp3) is 0.692. The van der Waals surface area contributed by atoms with Gasteiger partial charge in [0.05, 0.1) is 11.4 Å². The highest BCUT2D eigenvalue weighted by molar-refractivity contribution is 5.39. The lowest BCUT2D eigenvalue weighted by Gasteiger charge is -2.17. The van der Waals surface area contributed by atoms with E-state index in [0.29, 0.717) is 0 Å². The topological polar surface area (TPSA) is 41.0 Å². The van der Waals surface area contributed by atoms with Crippen molar-refractivity contribution in [2.75, 3.05) is 32.0 Å². The molecule has 0 saturated heterocycles. The molecule has 4 heteroatoms. The van der Waals surface area contributed by atoms with Crippen LogP contribution >= 0.6 is 0 Å². The SMILES string of the molecule is CCCCN(C)CCNc1nc(C)cnc1C. The maximum absolute atomic E-state index is 4.44. The van der Waals surface area contributed by atoms with Crippen LogP contribution < -0.4 is 5.32 Å². The summed E-state index contributed by atoms with van der Waals surface area (Å²) in [5.74, 6) is 0.911. The Hall–Kier alpha value is -1.16. The smallest absolute Gasteiger partial charge is 0.147 e. The average Bonchev–Trinajstić information content (AvgIpc) is 2.31. The van der Waals surface area contributed by atoms with Crippen LogP contribution in [0.25, 0.3) is 0 Å². The minimum Gasteiger partial charge on any atom is -0.367 e. The largest absolute Gasteiger partial charge is 0.367 e. The van der Waals surface area contributed by atoms with Crippen molar-refractivity contribution < 1.29 is 0 Å². The van der Waals surface area contributed by atoms with E-state index in [1.54, 1.807) is 6.20 Å². The van der Waals surface area contributed by atoms with Crippen LogP contribution in [-0.4, -0.2) is 41.5 Å². The van der Waals surface area contributed by atoms with E-state index in [-0.39, 0.29) is 0 Å². The van der Waals surface area contributed by atoms with Crippen LogP contribution in [0.1, 0.15) is 31.2 Å². The zero-order valence-corrected chi connectivity index (χ0v) is 11.5. The highest BCUT2D eigenvalue weighted by Crippen LogP contribution is 2.07. The summed E-state index contributed by atoms with van der Waals surface area (Å²) in [6.45, 7) is 9.28. The number of rotatable bonds is 7. The minimum absolute atomic E-state index is 0.911. The van der Waals surface area contributed by atoms with E-state index in [1.165, 1.54) is 12.8 Å². The molecule has 0 aliphatic heterocycles. The highest BCUT2D eigenvalue weighted by atomic mass is 15.1. The molecule has 0 aliphatic carbocycles. The number of hydrogen-bond donors (Lipinski definition) is 1. The molecule has 0 bridgehead atoms. The van der Waals surface area contributed by atoms with Crippen LogP contribution in [0.15, 0.2) is 6.20 Å². The second kappa shape index (κ2) is 7.22. The van der Waals surface area contributed by atoms with E-state index < -0.39 is 0 Å². The van der Waals surface area contributed by atoms with Crippen molar-refractivity contribution in [2.45, 2.75) is 33.6 Å². The van der Waals surface area contributed by atoms with Crippen molar-refractivity contribution in [1.82, 2.24) is 14.9 Å². The predicted molar refractivity (Wildman–Crippen MR) is 72.4 cm³/mol. The molecule has 17 heavy (non-hydrogen) atoms. The second-order valence-electron chi connectivity index (χ2n) is 4.53. The number of unbranched alkanes of at least 4 members (excludes halogenated alkanes) is 1. The lowest BCUT2D eigenvalue weighted by Crippen LogP contribution is -2.26. The molecule has 0 aliphatic rings. The summed E-state index contributed by atoms with van der Waals surface area (Å²) < 4.78 is 0. The van der Waals surface area contributed by atoms with Crippen molar-refractivity contribution in [2.24, 2.45) is 0 Å². The van der Waals surface area contributed by atoms with Crippen molar-refractivity contribution in [3.05, 3.63) is 17.6 Å². The van der Waals surface area contributed by atoms with Gasteiger partial charge in [0, 0.05) is 19.3 Å². The number of aromatic nitrogens is 2. The van der Waals surface area contributed by atoms with E-state index in [1.807, 2.05) is 13.8 Å². The molecule has 0 fully saturated rings. The third kappa shape index (κ3) is 5.13. The fourth-order valence-corrected chi connectivity index (χ4v) is 1.61. The van der Waals surface area contributed by atoms with Crippen LogP contribution in [0.2, 0.25) is 0 Å². The molecule has 0 spiro atoms. The Morgan fingerprint density at radius 3 is 2.76 bits per heavy atom. The molecule has 96 valence electrons. The maximum Gasteiger partial charge on any atom is 0.147 e. The van der Waals surface area contributed by atoms with Crippen molar-refractivity contribution in [3.63, 3.8) is 0 Å². The average molecular weight is 236 g/mol. The van der Waals surface area contributed by atoms with E-state index in [9.17, 15) is 0 Å². The van der Waals surface area contributed by atoms with Gasteiger partial charge in [-0.1, -0.05) is 13.3 Å². The summed E-state index contributed by atoms with van der Waals surface area (Å²) in [5, 5.41) is 3.35. The summed E-state index contributed by atoms with van der Waals surface area (Å²) in [5.41, 5.74) is 1.92. The molecule has 4 nitrogen and oxygen atoms in total. The van der Waals surface area contributed by atoms with Crippen molar-refractivity contribution >= 4 is 5.82 Å². The standard InChI is InChI=1S/C13H24N4/c1-5-6-8-17(4)9-7-14-13-12(3)15-10-11(2)16-13/h10H,5-9H2,1-4H3,(H,14,16). The number of anilines is 1. The Balaban J connectivity index is 2.32. The molecule has 0 atom stereocenters. The monoisotopic (exact) mass is 236 g/mol. The van der Waals surface area contributed by atoms with Crippen LogP contribution in [0.4, 0.5) is 5.82 Å². The molecule has 1 N–H and O–H groups in total. The summed E-state index contributed by atoms with van der Waals surface area (Å²) in [7, 11) is 2.16. The van der Waals surface area contributed by atoms with E-state index in [4.69, 9.17) is 0 Å². The highest BCUT2D eigenvalue weighted by Gasteiger charge is 2.02. The van der Waals surface area contributed by atoms with E-state index in [0.717, 1.165) is 36.8 Å². The first-order valence-corrected chi connectivity index (χ1v) is 6.36. The Bertz CT molecular complexity index is 338. The Morgan fingerprint density at radius 1 is 1.29 bits per heavy atom. The summed E-state index contributed by atoms with van der Waals surface area (Å²) in [4.78, 5) is 11.1. The molecule has 0 radical (unpaired) electrons. The van der Waals surface area contributed by atoms with Gasteiger partial charge >= 0.3 is 0 Å². The van der Waals surface area contributed by atoms with Crippen LogP contribution in [0.3, 0.4) is 0 Å². The summed E-state index contributed by atoms with van der Waals surface area (Å²) in [6.07, 6.45) is 4.31. The van der Waals surface area contributed by atoms with Gasteiger partial charge in [-0.2, -0.15) is 0 Å². The lowest BCUT2D eigenvalue weighted by molar-refractivity contribution is 0.340. The lowest BCUT2D eigenvalue weighted by atomic mass is 10.3. The quantitative estimate of drug-likeness (QED) is 0.788. The van der Waals surface area contributed by atoms with E-state index in [2.05, 4.69) is 34.2 Å². The molecule has 0 aromatic carbocycles. The number of nitrogens with one attached hydrogen (secondary N) is 1. The molecule has 0 saturated carbocycles. The van der Waals surface area contributed by atoms with E-state index >= 15 is 0 Å². The van der Waals surface area contributed by atoms with Crippen molar-refractivity contribution in [3.8, 4) is 0 Å². The zero-order chi connectivity index (χ0) is 12.7. The first kappa shape index (κ1) is 13.9. The molecule has 0 amide bonds. The number of likely N-dealkylation sites (N-methyl/N-ethyl adjacent to an activating group) is 1. The van der Waals surface area contributed by atoms with Gasteiger partial charge in [-0.05, 0) is 33.9 Å². The first-order valence-electron chi connectivity index (χ1n) is 6.36. The molecule has 0 unspecified atom stereocenters. The van der Waals surface area contributed by atoms with Gasteiger partial charge in [0.15, 0.2) is 0 Å². The normalized spacial score (nSPS) is 10.9. The van der Waals surface area contributed by atoms with Crippen molar-refractivity contribution in [1.29, 1.82) is 0 Å². The maximum atomic E-state index is 4.44. The second-order valence-corrected chi connectivity index (χ2v) is 4.53. The van der Waals surface area contributed by atoms with Gasteiger partial charge < -0.3 is 10.2 Å². The molecular weight excluding hydrogens is 212 g/mol. The molecule has 1 heterocycles. The van der Waals surface area contributed by atoms with Gasteiger partial charge in [-0.15, -0.1) is 0 Å². The molecule has 1 aromatic heterocycles.